The van der Waals surface area contributed by atoms with Gasteiger partial charge in [-0.05, 0) is 31.2 Å². The molecule has 1 aliphatic rings. The molecule has 0 aromatic heterocycles. The zero-order valence-corrected chi connectivity index (χ0v) is 13.2. The van der Waals surface area contributed by atoms with Crippen LogP contribution in [-0.4, -0.2) is 37.2 Å². The average molecular weight is 318 g/mol. The van der Waals surface area contributed by atoms with Crippen LogP contribution in [0, 0.1) is 0 Å². The summed E-state index contributed by atoms with van der Waals surface area (Å²) in [6, 6.07) is 5.15. The van der Waals surface area contributed by atoms with E-state index in [0.29, 0.717) is 17.1 Å². The molecule has 0 spiro atoms. The molecule has 2 rings (SSSR count). The summed E-state index contributed by atoms with van der Waals surface area (Å²) in [5, 5.41) is 10.0. The molecule has 6 heteroatoms. The number of esters is 1. The van der Waals surface area contributed by atoms with Crippen LogP contribution >= 0.6 is 0 Å². The molecule has 0 aliphatic carbocycles. The fourth-order valence-electron chi connectivity index (χ4n) is 2.22. The molecule has 122 valence electrons. The molecule has 1 fully saturated rings. The van der Waals surface area contributed by atoms with Crippen molar-refractivity contribution in [3.05, 3.63) is 41.2 Å². The Bertz CT molecular complexity index is 666. The van der Waals surface area contributed by atoms with Crippen molar-refractivity contribution in [2.75, 3.05) is 14.2 Å². The van der Waals surface area contributed by atoms with Gasteiger partial charge in [0, 0.05) is 18.1 Å². The summed E-state index contributed by atoms with van der Waals surface area (Å²) in [7, 11) is 3.05. The fraction of sp³-hybridized carbons (Fsp3) is 0.294. The smallest absolute Gasteiger partial charge is 0.345 e. The lowest BCUT2D eigenvalue weighted by Gasteiger charge is -2.19. The highest BCUT2D eigenvalue weighted by Crippen LogP contribution is 2.26. The van der Waals surface area contributed by atoms with Crippen LogP contribution in [0.5, 0.6) is 11.5 Å². The summed E-state index contributed by atoms with van der Waals surface area (Å²) in [5.41, 5.74) is 0.331. The Morgan fingerprint density at radius 2 is 2.04 bits per heavy atom. The van der Waals surface area contributed by atoms with Crippen molar-refractivity contribution >= 4 is 17.8 Å². The van der Waals surface area contributed by atoms with Crippen molar-refractivity contribution in [3.8, 4) is 11.5 Å². The molecule has 0 bridgehead atoms. The number of aliphatic hydroxyl groups excluding tert-OH is 1. The van der Waals surface area contributed by atoms with Crippen molar-refractivity contribution < 1.29 is 28.9 Å². The van der Waals surface area contributed by atoms with Gasteiger partial charge in [-0.2, -0.15) is 0 Å². The first-order chi connectivity index (χ1) is 11.0. The van der Waals surface area contributed by atoms with Crippen LogP contribution in [0.25, 0.3) is 6.08 Å². The summed E-state index contributed by atoms with van der Waals surface area (Å²) in [6.07, 6.45) is 2.40. The molecule has 1 saturated heterocycles. The minimum Gasteiger partial charge on any atom is -0.507 e. The highest BCUT2D eigenvalue weighted by atomic mass is 16.5. The summed E-state index contributed by atoms with van der Waals surface area (Å²) in [6.45, 7) is 1.63. The monoisotopic (exact) mass is 318 g/mol. The van der Waals surface area contributed by atoms with Gasteiger partial charge >= 0.3 is 5.97 Å². The van der Waals surface area contributed by atoms with E-state index in [1.807, 2.05) is 0 Å². The Balaban J connectivity index is 2.30. The van der Waals surface area contributed by atoms with Crippen molar-refractivity contribution in [3.63, 3.8) is 0 Å². The summed E-state index contributed by atoms with van der Waals surface area (Å²) in [4.78, 5) is 23.6. The molecule has 23 heavy (non-hydrogen) atoms. The number of ether oxygens (including phenoxy) is 3. The quantitative estimate of drug-likeness (QED) is 0.397. The minimum atomic E-state index is -0.808. The van der Waals surface area contributed by atoms with Crippen LogP contribution in [0.1, 0.15) is 18.9 Å². The number of Topliss-reactive ketones (excluding diaryl/α,β-unsaturated/α-hetero) is 1. The van der Waals surface area contributed by atoms with Crippen molar-refractivity contribution in [1.82, 2.24) is 0 Å². The average Bonchev–Trinajstić information content (AvgIpc) is 2.51. The lowest BCUT2D eigenvalue weighted by Crippen LogP contribution is -2.31. The largest absolute Gasteiger partial charge is 0.507 e. The lowest BCUT2D eigenvalue weighted by atomic mass is 10.0. The molecule has 1 aromatic carbocycles. The van der Waals surface area contributed by atoms with Gasteiger partial charge in [0.25, 0.3) is 0 Å². The number of carbonyl (C=O) groups excluding carboxylic acids is 2. The van der Waals surface area contributed by atoms with E-state index in [2.05, 4.69) is 0 Å². The molecule has 0 amide bonds. The van der Waals surface area contributed by atoms with Gasteiger partial charge in [-0.25, -0.2) is 4.79 Å². The Labute approximate surface area is 134 Å². The van der Waals surface area contributed by atoms with Gasteiger partial charge in [-0.3, -0.25) is 4.79 Å². The molecular formula is C17H18O6. The number of methoxy groups -OCH3 is 2. The molecule has 1 heterocycles. The summed E-state index contributed by atoms with van der Waals surface area (Å²) >= 11 is 0. The predicted octanol–water partition coefficient (Wildman–Crippen LogP) is 2.43. The van der Waals surface area contributed by atoms with E-state index in [1.54, 1.807) is 38.3 Å². The normalized spacial score (nSPS) is 20.4. The maximum atomic E-state index is 11.9. The maximum Gasteiger partial charge on any atom is 0.345 e. The van der Waals surface area contributed by atoms with Crippen LogP contribution in [0.15, 0.2) is 35.6 Å². The van der Waals surface area contributed by atoms with E-state index < -0.39 is 23.6 Å². The third-order valence-corrected chi connectivity index (χ3v) is 3.38. The third-order valence-electron chi connectivity index (χ3n) is 3.38. The number of hydrogen-bond acceptors (Lipinski definition) is 6. The second kappa shape index (κ2) is 7.00. The third kappa shape index (κ3) is 3.71. The first-order valence-corrected chi connectivity index (χ1v) is 7.03. The Morgan fingerprint density at radius 3 is 2.65 bits per heavy atom. The highest BCUT2D eigenvalue weighted by molar-refractivity contribution is 6.19. The van der Waals surface area contributed by atoms with Gasteiger partial charge in [0.1, 0.15) is 28.9 Å². The SMILES string of the molecule is COc1ccc(/C=C/C(O)=C2/C(=O)CC(C)OC2=O)c(OC)c1. The van der Waals surface area contributed by atoms with Gasteiger partial charge in [0.05, 0.1) is 14.2 Å². The molecule has 1 atom stereocenters. The molecule has 6 nitrogen and oxygen atoms in total. The Kier molecular flexibility index (Phi) is 5.05. The molecular weight excluding hydrogens is 300 g/mol. The second-order valence-corrected chi connectivity index (χ2v) is 5.04. The fourth-order valence-corrected chi connectivity index (χ4v) is 2.22. The number of benzene rings is 1. The van der Waals surface area contributed by atoms with Crippen molar-refractivity contribution in [2.24, 2.45) is 0 Å². The number of carbonyl (C=O) groups is 2. The number of aliphatic hydroxyl groups is 1. The summed E-state index contributed by atoms with van der Waals surface area (Å²) < 4.78 is 15.3. The molecule has 0 saturated carbocycles. The van der Waals surface area contributed by atoms with Crippen LogP contribution in [0.2, 0.25) is 0 Å². The summed E-state index contributed by atoms with van der Waals surface area (Å²) in [5.74, 6) is -0.508. The maximum absolute atomic E-state index is 11.9. The highest BCUT2D eigenvalue weighted by Gasteiger charge is 2.32. The zero-order chi connectivity index (χ0) is 17.0. The number of rotatable bonds is 4. The molecule has 1 N–H and O–H groups in total. The van der Waals surface area contributed by atoms with Crippen molar-refractivity contribution in [1.29, 1.82) is 0 Å². The standard InChI is InChI=1S/C17H18O6/c1-10-8-14(19)16(17(20)23-10)13(18)7-5-11-4-6-12(21-2)9-15(11)22-3/h4-7,9-10,18H,8H2,1-3H3/b7-5+,16-13+. The number of allylic oxidation sites excluding steroid dienone is 1. The Hall–Kier alpha value is -2.76. The van der Waals surface area contributed by atoms with Gasteiger partial charge in [0.2, 0.25) is 0 Å². The molecule has 0 radical (unpaired) electrons. The van der Waals surface area contributed by atoms with Crippen LogP contribution in [-0.2, 0) is 14.3 Å². The van der Waals surface area contributed by atoms with Gasteiger partial charge < -0.3 is 19.3 Å². The van der Waals surface area contributed by atoms with Gasteiger partial charge in [-0.15, -0.1) is 0 Å². The first kappa shape index (κ1) is 16.6. The van der Waals surface area contributed by atoms with E-state index in [4.69, 9.17) is 14.2 Å². The van der Waals surface area contributed by atoms with Gasteiger partial charge in [-0.1, -0.05) is 0 Å². The van der Waals surface area contributed by atoms with E-state index in [1.165, 1.54) is 13.2 Å². The number of cyclic esters (lactones) is 1. The molecule has 1 unspecified atom stereocenters. The number of ketones is 1. The second-order valence-electron chi connectivity index (χ2n) is 5.04. The lowest BCUT2D eigenvalue weighted by molar-refractivity contribution is -0.150. The predicted molar refractivity (Wildman–Crippen MR) is 83.4 cm³/mol. The van der Waals surface area contributed by atoms with E-state index in [9.17, 15) is 14.7 Å². The topological polar surface area (TPSA) is 82.1 Å². The van der Waals surface area contributed by atoms with E-state index in [-0.39, 0.29) is 12.0 Å². The van der Waals surface area contributed by atoms with Crippen LogP contribution in [0.4, 0.5) is 0 Å². The minimum absolute atomic E-state index is 0.0603. The molecule has 1 aliphatic heterocycles. The first-order valence-electron chi connectivity index (χ1n) is 7.03. The van der Waals surface area contributed by atoms with Gasteiger partial charge in [0.15, 0.2) is 5.78 Å². The van der Waals surface area contributed by atoms with Crippen molar-refractivity contribution in [2.45, 2.75) is 19.4 Å². The Morgan fingerprint density at radius 1 is 1.30 bits per heavy atom. The number of hydrogen-bond donors (Lipinski definition) is 1. The van der Waals surface area contributed by atoms with E-state index >= 15 is 0 Å². The molecule has 1 aromatic rings. The van der Waals surface area contributed by atoms with E-state index in [0.717, 1.165) is 0 Å². The van der Waals surface area contributed by atoms with Crippen LogP contribution in [0.3, 0.4) is 0 Å². The van der Waals surface area contributed by atoms with Crippen LogP contribution < -0.4 is 9.47 Å². The zero-order valence-electron chi connectivity index (χ0n) is 13.2.